The number of carbonyl (C=O) groups excluding carboxylic acids is 1. The second-order valence-corrected chi connectivity index (χ2v) is 7.86. The van der Waals surface area contributed by atoms with Crippen molar-refractivity contribution in [3.8, 4) is 11.4 Å². The van der Waals surface area contributed by atoms with Crippen molar-refractivity contribution in [3.63, 3.8) is 0 Å². The molecule has 6 nitrogen and oxygen atoms in total. The number of nitrogens with zero attached hydrogens (tertiary/aromatic N) is 5. The van der Waals surface area contributed by atoms with Crippen LogP contribution in [0.25, 0.3) is 22.4 Å². The lowest BCUT2D eigenvalue weighted by Crippen LogP contribution is -2.36. The van der Waals surface area contributed by atoms with E-state index >= 15 is 0 Å². The Labute approximate surface area is 154 Å². The maximum atomic E-state index is 13.4. The number of carbonyl (C=O) groups is 1. The molecule has 5 rings (SSSR count). The SMILES string of the molecule is CCn1c(C(=O)N(C2CC2)C2CC2)cc2c3ncnc-3c(Br)n(C)c21. The number of fused-ring (bicyclic) bond motifs is 3. The Bertz CT molecular complexity index is 954. The van der Waals surface area contributed by atoms with Crippen LogP contribution in [0.4, 0.5) is 0 Å². The molecule has 0 radical (unpaired) electrons. The molecule has 0 aromatic carbocycles. The Hall–Kier alpha value is -1.89. The molecular formula is C18H20BrN5O. The van der Waals surface area contributed by atoms with E-state index in [2.05, 4.69) is 46.9 Å². The molecule has 130 valence electrons. The molecule has 0 spiro atoms. The van der Waals surface area contributed by atoms with Gasteiger partial charge >= 0.3 is 0 Å². The number of hydrogen-bond donors (Lipinski definition) is 0. The van der Waals surface area contributed by atoms with Crippen LogP contribution in [0.5, 0.6) is 0 Å². The summed E-state index contributed by atoms with van der Waals surface area (Å²) in [4.78, 5) is 24.3. The molecular weight excluding hydrogens is 382 g/mol. The highest BCUT2D eigenvalue weighted by atomic mass is 79.9. The number of rotatable bonds is 4. The third-order valence-corrected chi connectivity index (χ3v) is 6.29. The van der Waals surface area contributed by atoms with Gasteiger partial charge in [-0.2, -0.15) is 0 Å². The van der Waals surface area contributed by atoms with E-state index in [9.17, 15) is 4.79 Å². The fourth-order valence-electron chi connectivity index (χ4n) is 3.91. The third-order valence-electron chi connectivity index (χ3n) is 5.38. The van der Waals surface area contributed by atoms with Gasteiger partial charge in [0.1, 0.15) is 33.7 Å². The highest BCUT2D eigenvalue weighted by Gasteiger charge is 2.43. The predicted molar refractivity (Wildman–Crippen MR) is 98.7 cm³/mol. The lowest BCUT2D eigenvalue weighted by Gasteiger charge is -2.23. The van der Waals surface area contributed by atoms with Gasteiger partial charge in [-0.25, -0.2) is 9.97 Å². The van der Waals surface area contributed by atoms with E-state index < -0.39 is 0 Å². The molecule has 2 aliphatic heterocycles. The second kappa shape index (κ2) is 5.30. The van der Waals surface area contributed by atoms with Crippen LogP contribution >= 0.6 is 15.9 Å². The number of aromatic nitrogens is 4. The number of imidazole rings is 1. The summed E-state index contributed by atoms with van der Waals surface area (Å²) < 4.78 is 5.07. The molecule has 0 unspecified atom stereocenters. The normalized spacial score (nSPS) is 17.6. The van der Waals surface area contributed by atoms with Crippen molar-refractivity contribution in [3.05, 3.63) is 22.7 Å². The molecule has 0 bridgehead atoms. The van der Waals surface area contributed by atoms with Crippen LogP contribution in [0.3, 0.4) is 0 Å². The summed E-state index contributed by atoms with van der Waals surface area (Å²) in [5.41, 5.74) is 3.47. The lowest BCUT2D eigenvalue weighted by atomic mass is 10.2. The van der Waals surface area contributed by atoms with E-state index in [-0.39, 0.29) is 5.91 Å². The number of amides is 1. The molecule has 25 heavy (non-hydrogen) atoms. The lowest BCUT2D eigenvalue weighted by molar-refractivity contribution is 0.0719. The van der Waals surface area contributed by atoms with Crippen LogP contribution in [0.2, 0.25) is 0 Å². The van der Waals surface area contributed by atoms with Gasteiger partial charge in [0.25, 0.3) is 5.91 Å². The first kappa shape index (κ1) is 15.4. The fourth-order valence-corrected chi connectivity index (χ4v) is 4.36. The number of pyridine rings is 1. The van der Waals surface area contributed by atoms with Gasteiger partial charge in [0.15, 0.2) is 0 Å². The zero-order valence-electron chi connectivity index (χ0n) is 14.4. The van der Waals surface area contributed by atoms with Gasteiger partial charge in [-0.15, -0.1) is 0 Å². The van der Waals surface area contributed by atoms with E-state index in [0.29, 0.717) is 12.1 Å². The molecule has 4 aliphatic rings. The topological polar surface area (TPSA) is 56.0 Å². The number of aryl methyl sites for hydroxylation is 2. The minimum Gasteiger partial charge on any atom is -0.331 e. The molecule has 0 atom stereocenters. The van der Waals surface area contributed by atoms with Crippen LogP contribution in [0, 0.1) is 0 Å². The molecule has 2 saturated carbocycles. The van der Waals surface area contributed by atoms with Gasteiger partial charge < -0.3 is 14.0 Å². The molecule has 2 fully saturated rings. The summed E-state index contributed by atoms with van der Waals surface area (Å²) in [6.07, 6.45) is 6.16. The summed E-state index contributed by atoms with van der Waals surface area (Å²) in [7, 11) is 2.00. The minimum absolute atomic E-state index is 0.173. The molecule has 7 heteroatoms. The average Bonchev–Trinajstić information content (AvgIpc) is 3.53. The largest absolute Gasteiger partial charge is 0.331 e. The highest BCUT2D eigenvalue weighted by molar-refractivity contribution is 9.10. The Morgan fingerprint density at radius 2 is 1.88 bits per heavy atom. The molecule has 2 aliphatic carbocycles. The molecule has 1 amide bonds. The molecule has 0 saturated heterocycles. The Morgan fingerprint density at radius 3 is 2.48 bits per heavy atom. The van der Waals surface area contributed by atoms with Crippen molar-refractivity contribution < 1.29 is 4.79 Å². The van der Waals surface area contributed by atoms with Crippen LogP contribution in [-0.4, -0.2) is 42.0 Å². The van der Waals surface area contributed by atoms with Crippen molar-refractivity contribution in [1.82, 2.24) is 24.0 Å². The number of hydrogen-bond acceptors (Lipinski definition) is 3. The summed E-state index contributed by atoms with van der Waals surface area (Å²) in [5.74, 6) is 0.173. The van der Waals surface area contributed by atoms with Crippen molar-refractivity contribution in [1.29, 1.82) is 0 Å². The van der Waals surface area contributed by atoms with Gasteiger partial charge in [0, 0.05) is 31.1 Å². The zero-order chi connectivity index (χ0) is 17.3. The van der Waals surface area contributed by atoms with Crippen molar-refractivity contribution in [2.75, 3.05) is 0 Å². The Balaban J connectivity index is 1.74. The van der Waals surface area contributed by atoms with Gasteiger partial charge in [-0.3, -0.25) is 4.79 Å². The van der Waals surface area contributed by atoms with Gasteiger partial charge in [0.2, 0.25) is 0 Å². The van der Waals surface area contributed by atoms with Crippen LogP contribution in [-0.2, 0) is 13.6 Å². The van der Waals surface area contributed by atoms with E-state index in [4.69, 9.17) is 0 Å². The Morgan fingerprint density at radius 1 is 1.24 bits per heavy atom. The number of halogens is 1. The Kier molecular flexibility index (Phi) is 3.26. The third kappa shape index (κ3) is 2.18. The van der Waals surface area contributed by atoms with E-state index in [1.807, 2.05) is 13.1 Å². The van der Waals surface area contributed by atoms with Crippen molar-refractivity contribution in [2.24, 2.45) is 7.05 Å². The first-order chi connectivity index (χ1) is 12.1. The standard InChI is InChI=1S/C18H20BrN5O/c1-3-23-13(18(25)24(10-4-5-10)11-6-7-11)8-12-14-15(21-9-20-14)16(19)22(2)17(12)23/h8-11H,3-7H2,1-2H3. The summed E-state index contributed by atoms with van der Waals surface area (Å²) in [6, 6.07) is 2.91. The quantitative estimate of drug-likeness (QED) is 0.629. The molecule has 3 heterocycles. The van der Waals surface area contributed by atoms with Crippen LogP contribution in [0.1, 0.15) is 43.1 Å². The van der Waals surface area contributed by atoms with E-state index in [1.54, 1.807) is 6.33 Å². The molecule has 1 aromatic rings. The van der Waals surface area contributed by atoms with Gasteiger partial charge in [-0.1, -0.05) is 0 Å². The monoisotopic (exact) mass is 401 g/mol. The van der Waals surface area contributed by atoms with E-state index in [1.165, 1.54) is 0 Å². The van der Waals surface area contributed by atoms with Crippen molar-refractivity contribution in [2.45, 2.75) is 51.2 Å². The minimum atomic E-state index is 0.173. The van der Waals surface area contributed by atoms with Crippen molar-refractivity contribution >= 4 is 32.9 Å². The second-order valence-electron chi connectivity index (χ2n) is 7.11. The zero-order valence-corrected chi connectivity index (χ0v) is 16.0. The smallest absolute Gasteiger partial charge is 0.271 e. The maximum Gasteiger partial charge on any atom is 0.271 e. The fraction of sp³-hybridized carbons (Fsp3) is 0.500. The van der Waals surface area contributed by atoms with Gasteiger partial charge in [0.05, 0.1) is 0 Å². The van der Waals surface area contributed by atoms with Crippen LogP contribution < -0.4 is 0 Å². The van der Waals surface area contributed by atoms with E-state index in [0.717, 1.165) is 64.9 Å². The van der Waals surface area contributed by atoms with Gasteiger partial charge in [-0.05, 0) is 54.6 Å². The predicted octanol–water partition coefficient (Wildman–Crippen LogP) is 3.42. The summed E-state index contributed by atoms with van der Waals surface area (Å²) >= 11 is 3.64. The maximum absolute atomic E-state index is 13.4. The molecule has 0 N–H and O–H groups in total. The highest BCUT2D eigenvalue weighted by Crippen LogP contribution is 2.40. The summed E-state index contributed by atoms with van der Waals surface area (Å²) in [5, 5.41) is 0.995. The van der Waals surface area contributed by atoms with Crippen LogP contribution in [0.15, 0.2) is 17.0 Å². The average molecular weight is 402 g/mol. The first-order valence-corrected chi connectivity index (χ1v) is 9.72. The first-order valence-electron chi connectivity index (χ1n) is 8.92. The molecule has 1 aromatic heterocycles. The summed E-state index contributed by atoms with van der Waals surface area (Å²) in [6.45, 7) is 2.83.